The predicted octanol–water partition coefficient (Wildman–Crippen LogP) is 3.07. The molecule has 0 bridgehead atoms. The Morgan fingerprint density at radius 3 is 2.81 bits per heavy atom. The number of halogens is 1. The van der Waals surface area contributed by atoms with Crippen LogP contribution in [0.4, 0.5) is 10.1 Å². The number of benzene rings is 1. The van der Waals surface area contributed by atoms with E-state index in [2.05, 4.69) is 17.1 Å². The molecule has 2 atom stereocenters. The van der Waals surface area contributed by atoms with Crippen molar-refractivity contribution in [3.63, 3.8) is 0 Å². The third-order valence-corrected chi connectivity index (χ3v) is 4.39. The van der Waals surface area contributed by atoms with Crippen LogP contribution in [0.2, 0.25) is 0 Å². The van der Waals surface area contributed by atoms with Gasteiger partial charge in [-0.2, -0.15) is 0 Å². The number of nitrogens with one attached hydrogen (secondary N) is 1. The quantitative estimate of drug-likeness (QED) is 0.792. The maximum atomic E-state index is 14.2. The first kappa shape index (κ1) is 16.2. The van der Waals surface area contributed by atoms with Crippen LogP contribution in [0.15, 0.2) is 18.2 Å². The molecule has 3 nitrogen and oxygen atoms in total. The first-order valence-corrected chi connectivity index (χ1v) is 8.04. The fourth-order valence-corrected chi connectivity index (χ4v) is 3.17. The van der Waals surface area contributed by atoms with Gasteiger partial charge in [0.05, 0.1) is 12.1 Å². The van der Waals surface area contributed by atoms with E-state index < -0.39 is 0 Å². The number of aliphatic hydroxyl groups is 1. The van der Waals surface area contributed by atoms with Crippen molar-refractivity contribution in [1.29, 1.82) is 0 Å². The first-order chi connectivity index (χ1) is 10.1. The summed E-state index contributed by atoms with van der Waals surface area (Å²) in [4.78, 5) is 2.07. The Bertz CT molecular complexity index is 452. The van der Waals surface area contributed by atoms with E-state index in [0.29, 0.717) is 12.1 Å². The van der Waals surface area contributed by atoms with Crippen LogP contribution in [-0.2, 0) is 6.54 Å². The third-order valence-electron chi connectivity index (χ3n) is 4.39. The molecule has 4 heteroatoms. The lowest BCUT2D eigenvalue weighted by Crippen LogP contribution is -2.44. The van der Waals surface area contributed by atoms with Gasteiger partial charge in [0.15, 0.2) is 0 Å². The molecule has 1 saturated carbocycles. The number of nitrogens with zero attached hydrogens (tertiary/aromatic N) is 1. The summed E-state index contributed by atoms with van der Waals surface area (Å²) in [6.45, 7) is 3.51. The molecule has 0 heterocycles. The topological polar surface area (TPSA) is 35.5 Å². The molecule has 1 aromatic carbocycles. The normalized spacial score (nSPS) is 22.3. The zero-order valence-corrected chi connectivity index (χ0v) is 13.1. The Labute approximate surface area is 127 Å². The molecule has 1 aromatic rings. The van der Waals surface area contributed by atoms with Crippen molar-refractivity contribution in [1.82, 2.24) is 5.32 Å². The van der Waals surface area contributed by atoms with E-state index in [4.69, 9.17) is 0 Å². The summed E-state index contributed by atoms with van der Waals surface area (Å²) in [5.41, 5.74) is 1.59. The van der Waals surface area contributed by atoms with Crippen molar-refractivity contribution < 1.29 is 9.50 Å². The minimum atomic E-state index is -0.316. The maximum Gasteiger partial charge on any atom is 0.129 e. The Balaban J connectivity index is 2.18. The summed E-state index contributed by atoms with van der Waals surface area (Å²) in [5.74, 6) is -0.173. The second-order valence-corrected chi connectivity index (χ2v) is 5.94. The van der Waals surface area contributed by atoms with Crippen LogP contribution in [0.3, 0.4) is 0 Å². The molecule has 2 rings (SSSR count). The van der Waals surface area contributed by atoms with Gasteiger partial charge in [-0.15, -0.1) is 0 Å². The Morgan fingerprint density at radius 1 is 1.33 bits per heavy atom. The van der Waals surface area contributed by atoms with Crippen LogP contribution >= 0.6 is 0 Å². The standard InChI is InChI=1S/C17H27FN2O/c1-3-11-19-12-13-14(18)7-6-9-15(13)20(2)16-8-4-5-10-17(16)21/h6-7,9,16-17,19,21H,3-5,8,10-12H2,1-2H3. The van der Waals surface area contributed by atoms with Crippen LogP contribution in [0.5, 0.6) is 0 Å². The van der Waals surface area contributed by atoms with Crippen molar-refractivity contribution in [3.8, 4) is 0 Å². The highest BCUT2D eigenvalue weighted by molar-refractivity contribution is 5.54. The van der Waals surface area contributed by atoms with E-state index in [1.165, 1.54) is 6.07 Å². The van der Waals surface area contributed by atoms with Gasteiger partial charge in [-0.3, -0.25) is 0 Å². The molecule has 118 valence electrons. The molecule has 0 spiro atoms. The molecule has 2 N–H and O–H groups in total. The lowest BCUT2D eigenvalue weighted by Gasteiger charge is -2.37. The van der Waals surface area contributed by atoms with E-state index >= 15 is 0 Å². The first-order valence-electron chi connectivity index (χ1n) is 8.04. The van der Waals surface area contributed by atoms with Gasteiger partial charge >= 0.3 is 0 Å². The van der Waals surface area contributed by atoms with Gasteiger partial charge in [-0.25, -0.2) is 4.39 Å². The Kier molecular flexibility index (Phi) is 6.00. The second-order valence-electron chi connectivity index (χ2n) is 5.94. The van der Waals surface area contributed by atoms with Crippen LogP contribution in [0, 0.1) is 5.82 Å². The molecule has 0 aromatic heterocycles. The van der Waals surface area contributed by atoms with Crippen molar-refractivity contribution >= 4 is 5.69 Å². The Morgan fingerprint density at radius 2 is 2.10 bits per heavy atom. The molecule has 1 aliphatic rings. The van der Waals surface area contributed by atoms with Crippen molar-refractivity contribution in [2.24, 2.45) is 0 Å². The molecule has 0 saturated heterocycles. The van der Waals surface area contributed by atoms with Crippen LogP contribution in [-0.4, -0.2) is 30.8 Å². The lowest BCUT2D eigenvalue weighted by molar-refractivity contribution is 0.106. The van der Waals surface area contributed by atoms with Gasteiger partial charge in [0, 0.05) is 24.8 Å². The summed E-state index contributed by atoms with van der Waals surface area (Å²) in [5, 5.41) is 13.5. The second kappa shape index (κ2) is 7.76. The third kappa shape index (κ3) is 3.95. The van der Waals surface area contributed by atoms with Gasteiger partial charge in [0.1, 0.15) is 5.82 Å². The highest BCUT2D eigenvalue weighted by Gasteiger charge is 2.28. The Hall–Kier alpha value is -1.13. The van der Waals surface area contributed by atoms with Crippen molar-refractivity contribution in [3.05, 3.63) is 29.6 Å². The van der Waals surface area contributed by atoms with Crippen LogP contribution < -0.4 is 10.2 Å². The van der Waals surface area contributed by atoms with Gasteiger partial charge in [0.25, 0.3) is 0 Å². The maximum absolute atomic E-state index is 14.2. The number of anilines is 1. The van der Waals surface area contributed by atoms with Gasteiger partial charge in [-0.1, -0.05) is 25.8 Å². The number of hydrogen-bond acceptors (Lipinski definition) is 3. The molecule has 1 aliphatic carbocycles. The fourth-order valence-electron chi connectivity index (χ4n) is 3.17. The SMILES string of the molecule is CCCNCc1c(F)cccc1N(C)C1CCCCC1O. The average molecular weight is 294 g/mol. The molecule has 1 fully saturated rings. The summed E-state index contributed by atoms with van der Waals surface area (Å²) in [6.07, 6.45) is 4.73. The molecule has 0 aliphatic heterocycles. The van der Waals surface area contributed by atoms with E-state index in [1.54, 1.807) is 6.07 Å². The van der Waals surface area contributed by atoms with Crippen LogP contribution in [0.25, 0.3) is 0 Å². The summed E-state index contributed by atoms with van der Waals surface area (Å²) >= 11 is 0. The molecule has 2 unspecified atom stereocenters. The monoisotopic (exact) mass is 294 g/mol. The van der Waals surface area contributed by atoms with E-state index in [-0.39, 0.29) is 18.0 Å². The molecule has 21 heavy (non-hydrogen) atoms. The number of hydrogen-bond donors (Lipinski definition) is 2. The smallest absolute Gasteiger partial charge is 0.129 e. The van der Waals surface area contributed by atoms with E-state index in [1.807, 2.05) is 13.1 Å². The van der Waals surface area contributed by atoms with Crippen molar-refractivity contribution in [2.45, 2.75) is 57.7 Å². The highest BCUT2D eigenvalue weighted by atomic mass is 19.1. The summed E-state index contributed by atoms with van der Waals surface area (Å²) in [6, 6.07) is 5.30. The van der Waals surface area contributed by atoms with E-state index in [0.717, 1.165) is 44.3 Å². The number of aliphatic hydroxyl groups excluding tert-OH is 1. The number of rotatable bonds is 6. The molecular weight excluding hydrogens is 267 g/mol. The van der Waals surface area contributed by atoms with Gasteiger partial charge in [0.2, 0.25) is 0 Å². The highest BCUT2D eigenvalue weighted by Crippen LogP contribution is 2.30. The van der Waals surface area contributed by atoms with Gasteiger partial charge < -0.3 is 15.3 Å². The molecular formula is C17H27FN2O. The summed E-state index contributed by atoms with van der Waals surface area (Å²) in [7, 11) is 1.97. The molecule has 0 radical (unpaired) electrons. The lowest BCUT2D eigenvalue weighted by atomic mass is 9.91. The minimum absolute atomic E-state index is 0.0884. The van der Waals surface area contributed by atoms with Gasteiger partial charge in [-0.05, 0) is 37.9 Å². The minimum Gasteiger partial charge on any atom is -0.391 e. The zero-order chi connectivity index (χ0) is 15.2. The number of likely N-dealkylation sites (N-methyl/N-ethyl adjacent to an activating group) is 1. The van der Waals surface area contributed by atoms with E-state index in [9.17, 15) is 9.50 Å². The zero-order valence-electron chi connectivity index (χ0n) is 13.1. The predicted molar refractivity (Wildman–Crippen MR) is 85.1 cm³/mol. The summed E-state index contributed by atoms with van der Waals surface area (Å²) < 4.78 is 14.2. The fraction of sp³-hybridized carbons (Fsp3) is 0.647. The average Bonchev–Trinajstić information content (AvgIpc) is 2.49. The van der Waals surface area contributed by atoms with Crippen LogP contribution in [0.1, 0.15) is 44.6 Å². The largest absolute Gasteiger partial charge is 0.391 e. The molecule has 0 amide bonds. The van der Waals surface area contributed by atoms with Crippen molar-refractivity contribution in [2.75, 3.05) is 18.5 Å².